The first kappa shape index (κ1) is 21.7. The van der Waals surface area contributed by atoms with E-state index in [2.05, 4.69) is 41.6 Å². The van der Waals surface area contributed by atoms with Gasteiger partial charge in [-0.1, -0.05) is 50.2 Å². The van der Waals surface area contributed by atoms with E-state index in [0.717, 1.165) is 34.3 Å². The highest BCUT2D eigenvalue weighted by atomic mass is 32.1. The van der Waals surface area contributed by atoms with Crippen molar-refractivity contribution in [2.24, 2.45) is 0 Å². The van der Waals surface area contributed by atoms with Crippen LogP contribution < -0.4 is 10.6 Å². The van der Waals surface area contributed by atoms with Crippen molar-refractivity contribution < 1.29 is 9.21 Å². The number of rotatable bonds is 6. The van der Waals surface area contributed by atoms with Crippen LogP contribution in [0, 0.1) is 0 Å². The number of benzene rings is 3. The Morgan fingerprint density at radius 3 is 2.53 bits per heavy atom. The average Bonchev–Trinajstić information content (AvgIpc) is 3.23. The van der Waals surface area contributed by atoms with E-state index in [-0.39, 0.29) is 17.4 Å². The van der Waals surface area contributed by atoms with Crippen LogP contribution in [0.25, 0.3) is 22.6 Å². The average molecular weight is 444 g/mol. The standard InChI is InChI=1S/C26H25N3O2S/c1-3-17(2)20-11-14-23-22(16-20)28-25(31-23)19-9-12-21(13-10-19)27-26(32)29-24(30)15-18-7-5-4-6-8-18/h4-14,16-17H,3,15H2,1-2H3,(H2,27,29,30,32)/t17-/m1/s1. The second-order valence-corrected chi connectivity index (χ2v) is 8.21. The molecule has 5 nitrogen and oxygen atoms in total. The molecule has 0 bridgehead atoms. The van der Waals surface area contributed by atoms with E-state index < -0.39 is 0 Å². The zero-order valence-corrected chi connectivity index (χ0v) is 18.9. The summed E-state index contributed by atoms with van der Waals surface area (Å²) < 4.78 is 5.94. The van der Waals surface area contributed by atoms with Gasteiger partial charge >= 0.3 is 0 Å². The van der Waals surface area contributed by atoms with Crippen molar-refractivity contribution in [3.8, 4) is 11.5 Å². The number of nitrogens with one attached hydrogen (secondary N) is 2. The lowest BCUT2D eigenvalue weighted by Crippen LogP contribution is -2.35. The van der Waals surface area contributed by atoms with E-state index in [4.69, 9.17) is 16.6 Å². The summed E-state index contributed by atoms with van der Waals surface area (Å²) in [5, 5.41) is 6.01. The molecule has 1 heterocycles. The van der Waals surface area contributed by atoms with Gasteiger partial charge in [0.25, 0.3) is 0 Å². The zero-order chi connectivity index (χ0) is 22.5. The number of carbonyl (C=O) groups is 1. The maximum atomic E-state index is 12.2. The fourth-order valence-electron chi connectivity index (χ4n) is 3.42. The van der Waals surface area contributed by atoms with Crippen LogP contribution in [0.15, 0.2) is 77.2 Å². The quantitative estimate of drug-likeness (QED) is 0.354. The predicted molar refractivity (Wildman–Crippen MR) is 133 cm³/mol. The third kappa shape index (κ3) is 5.21. The molecule has 1 amide bonds. The van der Waals surface area contributed by atoms with Crippen molar-refractivity contribution in [2.75, 3.05) is 5.32 Å². The SMILES string of the molecule is CC[C@@H](C)c1ccc2oc(-c3ccc(NC(=S)NC(=O)Cc4ccccc4)cc3)nc2c1. The summed E-state index contributed by atoms with van der Waals surface area (Å²) in [5.41, 5.74) is 5.48. The van der Waals surface area contributed by atoms with Gasteiger partial charge in [0.15, 0.2) is 10.7 Å². The van der Waals surface area contributed by atoms with E-state index in [9.17, 15) is 4.79 Å². The molecule has 1 atom stereocenters. The molecular weight excluding hydrogens is 418 g/mol. The van der Waals surface area contributed by atoms with Crippen molar-refractivity contribution in [3.63, 3.8) is 0 Å². The Labute approximate surface area is 192 Å². The van der Waals surface area contributed by atoms with Gasteiger partial charge in [-0.05, 0) is 72.1 Å². The number of thiocarbonyl (C=S) groups is 1. The summed E-state index contributed by atoms with van der Waals surface area (Å²) in [6.07, 6.45) is 1.36. The minimum Gasteiger partial charge on any atom is -0.436 e. The highest BCUT2D eigenvalue weighted by Crippen LogP contribution is 2.28. The van der Waals surface area contributed by atoms with Gasteiger partial charge in [0, 0.05) is 11.3 Å². The molecule has 0 aliphatic carbocycles. The zero-order valence-electron chi connectivity index (χ0n) is 18.1. The van der Waals surface area contributed by atoms with Crippen molar-refractivity contribution in [1.82, 2.24) is 10.3 Å². The van der Waals surface area contributed by atoms with E-state index in [1.807, 2.05) is 60.7 Å². The number of oxazole rings is 1. The van der Waals surface area contributed by atoms with Crippen molar-refractivity contribution in [3.05, 3.63) is 83.9 Å². The largest absolute Gasteiger partial charge is 0.436 e. The van der Waals surface area contributed by atoms with Crippen LogP contribution in [0.2, 0.25) is 0 Å². The van der Waals surface area contributed by atoms with Crippen molar-refractivity contribution in [1.29, 1.82) is 0 Å². The third-order valence-electron chi connectivity index (χ3n) is 5.44. The Kier molecular flexibility index (Phi) is 6.61. The number of anilines is 1. The van der Waals surface area contributed by atoms with Gasteiger partial charge in [-0.2, -0.15) is 0 Å². The number of hydrogen-bond donors (Lipinski definition) is 2. The summed E-state index contributed by atoms with van der Waals surface area (Å²) >= 11 is 5.27. The molecule has 0 aliphatic heterocycles. The minimum absolute atomic E-state index is 0.159. The Morgan fingerprint density at radius 1 is 1.06 bits per heavy atom. The smallest absolute Gasteiger partial charge is 0.230 e. The molecule has 3 aromatic carbocycles. The molecule has 6 heteroatoms. The summed E-state index contributed by atoms with van der Waals surface area (Å²) in [6, 6.07) is 23.3. The predicted octanol–water partition coefficient (Wildman–Crippen LogP) is 6.06. The molecule has 0 aliphatic rings. The number of amides is 1. The molecule has 0 saturated carbocycles. The van der Waals surface area contributed by atoms with Crippen LogP contribution in [-0.2, 0) is 11.2 Å². The van der Waals surface area contributed by atoms with Crippen LogP contribution in [0.5, 0.6) is 0 Å². The molecule has 4 aromatic rings. The Morgan fingerprint density at radius 2 is 1.81 bits per heavy atom. The maximum Gasteiger partial charge on any atom is 0.230 e. The van der Waals surface area contributed by atoms with Gasteiger partial charge in [-0.15, -0.1) is 0 Å². The molecular formula is C26H25N3O2S. The third-order valence-corrected chi connectivity index (χ3v) is 5.65. The van der Waals surface area contributed by atoms with Gasteiger partial charge in [0.05, 0.1) is 6.42 Å². The number of carbonyl (C=O) groups excluding carboxylic acids is 1. The lowest BCUT2D eigenvalue weighted by molar-refractivity contribution is -0.119. The van der Waals surface area contributed by atoms with Gasteiger partial charge < -0.3 is 15.1 Å². The van der Waals surface area contributed by atoms with E-state index in [1.54, 1.807) is 0 Å². The molecule has 0 fully saturated rings. The topological polar surface area (TPSA) is 67.2 Å². The number of nitrogens with zero attached hydrogens (tertiary/aromatic N) is 1. The highest BCUT2D eigenvalue weighted by Gasteiger charge is 2.11. The monoisotopic (exact) mass is 443 g/mol. The summed E-state index contributed by atoms with van der Waals surface area (Å²) in [7, 11) is 0. The Bertz CT molecular complexity index is 1230. The molecule has 0 radical (unpaired) electrons. The Hall–Kier alpha value is -3.51. The number of aromatic nitrogens is 1. The summed E-state index contributed by atoms with van der Waals surface area (Å²) in [5.74, 6) is 0.905. The molecule has 4 rings (SSSR count). The first-order valence-corrected chi connectivity index (χ1v) is 11.1. The van der Waals surface area contributed by atoms with Crippen LogP contribution in [0.3, 0.4) is 0 Å². The fourth-order valence-corrected chi connectivity index (χ4v) is 3.65. The van der Waals surface area contributed by atoms with Crippen LogP contribution >= 0.6 is 12.2 Å². The van der Waals surface area contributed by atoms with Crippen molar-refractivity contribution in [2.45, 2.75) is 32.6 Å². The molecule has 2 N–H and O–H groups in total. The first-order chi connectivity index (χ1) is 15.5. The lowest BCUT2D eigenvalue weighted by Gasteiger charge is -2.10. The van der Waals surface area contributed by atoms with Gasteiger partial charge in [0.1, 0.15) is 5.52 Å². The summed E-state index contributed by atoms with van der Waals surface area (Å²) in [6.45, 7) is 4.39. The maximum absolute atomic E-state index is 12.2. The molecule has 162 valence electrons. The highest BCUT2D eigenvalue weighted by molar-refractivity contribution is 7.80. The van der Waals surface area contributed by atoms with Gasteiger partial charge in [-0.3, -0.25) is 4.79 Å². The van der Waals surface area contributed by atoms with Crippen LogP contribution in [0.4, 0.5) is 5.69 Å². The Balaban J connectivity index is 1.39. The lowest BCUT2D eigenvalue weighted by atomic mass is 9.98. The van der Waals surface area contributed by atoms with E-state index in [1.165, 1.54) is 5.56 Å². The van der Waals surface area contributed by atoms with Crippen molar-refractivity contribution >= 4 is 40.0 Å². The fraction of sp³-hybridized carbons (Fsp3) is 0.192. The number of hydrogen-bond acceptors (Lipinski definition) is 4. The van der Waals surface area contributed by atoms with Crippen LogP contribution in [-0.4, -0.2) is 16.0 Å². The van der Waals surface area contributed by atoms with Gasteiger partial charge in [0.2, 0.25) is 11.8 Å². The minimum atomic E-state index is -0.159. The second kappa shape index (κ2) is 9.75. The second-order valence-electron chi connectivity index (χ2n) is 7.80. The first-order valence-electron chi connectivity index (χ1n) is 10.7. The number of fused-ring (bicyclic) bond motifs is 1. The molecule has 0 spiro atoms. The van der Waals surface area contributed by atoms with Crippen LogP contribution in [0.1, 0.15) is 37.3 Å². The van der Waals surface area contributed by atoms with Gasteiger partial charge in [-0.25, -0.2) is 4.98 Å². The van der Waals surface area contributed by atoms with E-state index >= 15 is 0 Å². The molecule has 32 heavy (non-hydrogen) atoms. The molecule has 1 aromatic heterocycles. The molecule has 0 saturated heterocycles. The summed E-state index contributed by atoms with van der Waals surface area (Å²) in [4.78, 5) is 16.8. The van der Waals surface area contributed by atoms with E-state index in [0.29, 0.717) is 11.8 Å². The molecule has 0 unspecified atom stereocenters. The normalized spacial score (nSPS) is 11.8.